The van der Waals surface area contributed by atoms with E-state index in [2.05, 4.69) is 5.32 Å². The quantitative estimate of drug-likeness (QED) is 0.926. The number of amides is 2. The molecule has 0 saturated carbocycles. The molecule has 2 amide bonds. The van der Waals surface area contributed by atoms with Crippen molar-refractivity contribution >= 4 is 11.8 Å². The second kappa shape index (κ2) is 6.81. The third kappa shape index (κ3) is 4.47. The smallest absolute Gasteiger partial charge is 0.353 e. The van der Waals surface area contributed by atoms with E-state index >= 15 is 0 Å². The lowest BCUT2D eigenvalue weighted by Crippen LogP contribution is -2.50. The zero-order valence-electron chi connectivity index (χ0n) is 11.9. The van der Waals surface area contributed by atoms with Crippen molar-refractivity contribution < 1.29 is 22.8 Å². The van der Waals surface area contributed by atoms with Gasteiger partial charge in [0.25, 0.3) is 0 Å². The molecule has 0 aliphatic carbocycles. The standard InChI is InChI=1S/C15H17F3N2O2/c16-15(17,18)14(22)20-8-6-12(7-9-20)19-13(21)10-11-4-2-1-3-5-11/h1-5,12H,6-10H2,(H,19,21). The lowest BCUT2D eigenvalue weighted by Gasteiger charge is -2.32. The Morgan fingerprint density at radius 1 is 1.14 bits per heavy atom. The lowest BCUT2D eigenvalue weighted by atomic mass is 10.0. The molecular weight excluding hydrogens is 297 g/mol. The molecule has 1 saturated heterocycles. The van der Waals surface area contributed by atoms with Gasteiger partial charge in [0.05, 0.1) is 6.42 Å². The molecule has 22 heavy (non-hydrogen) atoms. The van der Waals surface area contributed by atoms with E-state index < -0.39 is 12.1 Å². The molecule has 0 unspecified atom stereocenters. The number of piperidine rings is 1. The van der Waals surface area contributed by atoms with Crippen LogP contribution in [0, 0.1) is 0 Å². The maximum Gasteiger partial charge on any atom is 0.471 e. The number of carbonyl (C=O) groups excluding carboxylic acids is 2. The first-order valence-electron chi connectivity index (χ1n) is 7.05. The SMILES string of the molecule is O=C(Cc1ccccc1)NC1CCN(C(=O)C(F)(F)F)CC1. The van der Waals surface area contributed by atoms with E-state index in [-0.39, 0.29) is 31.5 Å². The first-order chi connectivity index (χ1) is 10.4. The van der Waals surface area contributed by atoms with Crippen LogP contribution >= 0.6 is 0 Å². The van der Waals surface area contributed by atoms with Gasteiger partial charge in [0.1, 0.15) is 0 Å². The number of halogens is 3. The molecule has 0 bridgehead atoms. The van der Waals surface area contributed by atoms with Crippen LogP contribution in [-0.2, 0) is 16.0 Å². The summed E-state index contributed by atoms with van der Waals surface area (Å²) in [4.78, 5) is 23.8. The van der Waals surface area contributed by atoms with Crippen LogP contribution in [0.1, 0.15) is 18.4 Å². The average molecular weight is 314 g/mol. The van der Waals surface area contributed by atoms with Crippen LogP contribution in [0.25, 0.3) is 0 Å². The van der Waals surface area contributed by atoms with Gasteiger partial charge in [-0.05, 0) is 18.4 Å². The molecule has 120 valence electrons. The van der Waals surface area contributed by atoms with Crippen molar-refractivity contribution in [3.63, 3.8) is 0 Å². The normalized spacial score (nSPS) is 16.4. The maximum absolute atomic E-state index is 12.3. The Morgan fingerprint density at radius 3 is 2.27 bits per heavy atom. The van der Waals surface area contributed by atoms with E-state index in [4.69, 9.17) is 0 Å². The molecule has 0 spiro atoms. The van der Waals surface area contributed by atoms with Crippen LogP contribution in [0.3, 0.4) is 0 Å². The van der Waals surface area contributed by atoms with Crippen molar-refractivity contribution in [2.75, 3.05) is 13.1 Å². The molecule has 1 N–H and O–H groups in total. The Bertz CT molecular complexity index is 523. The number of benzene rings is 1. The highest BCUT2D eigenvalue weighted by Crippen LogP contribution is 2.21. The van der Waals surface area contributed by atoms with Crippen LogP contribution in [-0.4, -0.2) is 42.0 Å². The van der Waals surface area contributed by atoms with Gasteiger partial charge in [0, 0.05) is 19.1 Å². The third-order valence-corrected chi connectivity index (χ3v) is 3.60. The van der Waals surface area contributed by atoms with Crippen molar-refractivity contribution in [1.29, 1.82) is 0 Å². The highest BCUT2D eigenvalue weighted by molar-refractivity contribution is 5.82. The highest BCUT2D eigenvalue weighted by atomic mass is 19.4. The van der Waals surface area contributed by atoms with Gasteiger partial charge in [-0.1, -0.05) is 30.3 Å². The summed E-state index contributed by atoms with van der Waals surface area (Å²) < 4.78 is 37.0. The van der Waals surface area contributed by atoms with Crippen LogP contribution in [0.5, 0.6) is 0 Å². The average Bonchev–Trinajstić information content (AvgIpc) is 2.47. The second-order valence-electron chi connectivity index (χ2n) is 5.29. The van der Waals surface area contributed by atoms with Crippen LogP contribution in [0.2, 0.25) is 0 Å². The van der Waals surface area contributed by atoms with Crippen molar-refractivity contribution in [2.45, 2.75) is 31.5 Å². The predicted octanol–water partition coefficient (Wildman–Crippen LogP) is 1.90. The Labute approximate surface area is 126 Å². The van der Waals surface area contributed by atoms with Gasteiger partial charge in [-0.3, -0.25) is 9.59 Å². The zero-order chi connectivity index (χ0) is 16.2. The topological polar surface area (TPSA) is 49.4 Å². The number of hydrogen-bond donors (Lipinski definition) is 1. The van der Waals surface area contributed by atoms with E-state index in [9.17, 15) is 22.8 Å². The minimum Gasteiger partial charge on any atom is -0.353 e. The summed E-state index contributed by atoms with van der Waals surface area (Å²) in [5.74, 6) is -1.96. The fraction of sp³-hybridized carbons (Fsp3) is 0.467. The highest BCUT2D eigenvalue weighted by Gasteiger charge is 2.43. The number of nitrogens with one attached hydrogen (secondary N) is 1. The number of likely N-dealkylation sites (tertiary alicyclic amines) is 1. The predicted molar refractivity (Wildman–Crippen MR) is 73.9 cm³/mol. The second-order valence-corrected chi connectivity index (χ2v) is 5.29. The molecule has 0 atom stereocenters. The van der Waals surface area contributed by atoms with Gasteiger partial charge in [-0.15, -0.1) is 0 Å². The first kappa shape index (κ1) is 16.3. The monoisotopic (exact) mass is 314 g/mol. The van der Waals surface area contributed by atoms with E-state index in [1.54, 1.807) is 0 Å². The summed E-state index contributed by atoms with van der Waals surface area (Å²) >= 11 is 0. The summed E-state index contributed by atoms with van der Waals surface area (Å²) in [7, 11) is 0. The number of nitrogens with zero attached hydrogens (tertiary/aromatic N) is 1. The summed E-state index contributed by atoms with van der Waals surface area (Å²) in [6.45, 7) is 0.0171. The Balaban J connectivity index is 1.78. The zero-order valence-corrected chi connectivity index (χ0v) is 11.9. The van der Waals surface area contributed by atoms with Crippen LogP contribution in [0.15, 0.2) is 30.3 Å². The van der Waals surface area contributed by atoms with Gasteiger partial charge in [-0.2, -0.15) is 13.2 Å². The Kier molecular flexibility index (Phi) is 5.05. The largest absolute Gasteiger partial charge is 0.471 e. The third-order valence-electron chi connectivity index (χ3n) is 3.60. The number of rotatable bonds is 3. The fourth-order valence-corrected chi connectivity index (χ4v) is 2.47. The van der Waals surface area contributed by atoms with E-state index in [0.29, 0.717) is 12.8 Å². The minimum absolute atomic E-state index is 0.00856. The van der Waals surface area contributed by atoms with Crippen LogP contribution in [0.4, 0.5) is 13.2 Å². The van der Waals surface area contributed by atoms with Crippen molar-refractivity contribution in [1.82, 2.24) is 10.2 Å². The number of carbonyl (C=O) groups is 2. The van der Waals surface area contributed by atoms with E-state index in [0.717, 1.165) is 10.5 Å². The molecule has 0 radical (unpaired) electrons. The molecule has 1 aromatic rings. The molecule has 1 heterocycles. The van der Waals surface area contributed by atoms with Gasteiger partial charge in [-0.25, -0.2) is 0 Å². The first-order valence-corrected chi connectivity index (χ1v) is 7.05. The van der Waals surface area contributed by atoms with Gasteiger partial charge in [0.2, 0.25) is 5.91 Å². The fourth-order valence-electron chi connectivity index (χ4n) is 2.47. The summed E-state index contributed by atoms with van der Waals surface area (Å²) in [5, 5.41) is 2.81. The van der Waals surface area contributed by atoms with Crippen molar-refractivity contribution in [2.24, 2.45) is 0 Å². The molecule has 1 aromatic carbocycles. The molecule has 1 aliphatic heterocycles. The summed E-state index contributed by atoms with van der Waals surface area (Å²) in [5.41, 5.74) is 0.879. The van der Waals surface area contributed by atoms with Crippen LogP contribution < -0.4 is 5.32 Å². The van der Waals surface area contributed by atoms with Gasteiger partial charge < -0.3 is 10.2 Å². The van der Waals surface area contributed by atoms with Gasteiger partial charge in [0.15, 0.2) is 0 Å². The lowest BCUT2D eigenvalue weighted by molar-refractivity contribution is -0.186. The summed E-state index contributed by atoms with van der Waals surface area (Å²) in [6.07, 6.45) is -3.92. The Hall–Kier alpha value is -2.05. The molecule has 1 fully saturated rings. The molecule has 2 rings (SSSR count). The minimum atomic E-state index is -4.83. The molecule has 1 aliphatic rings. The van der Waals surface area contributed by atoms with Gasteiger partial charge >= 0.3 is 12.1 Å². The maximum atomic E-state index is 12.3. The molecule has 7 heteroatoms. The van der Waals surface area contributed by atoms with Crippen molar-refractivity contribution in [3.05, 3.63) is 35.9 Å². The Morgan fingerprint density at radius 2 is 1.73 bits per heavy atom. The summed E-state index contributed by atoms with van der Waals surface area (Å²) in [6, 6.07) is 9.02. The number of alkyl halides is 3. The van der Waals surface area contributed by atoms with E-state index in [1.165, 1.54) is 0 Å². The number of hydrogen-bond acceptors (Lipinski definition) is 2. The molecule has 4 nitrogen and oxygen atoms in total. The molecule has 0 aromatic heterocycles. The van der Waals surface area contributed by atoms with Crippen molar-refractivity contribution in [3.8, 4) is 0 Å². The van der Waals surface area contributed by atoms with E-state index in [1.807, 2.05) is 30.3 Å². The molecular formula is C15H17F3N2O2.